The van der Waals surface area contributed by atoms with E-state index in [1.54, 1.807) is 11.3 Å². The Morgan fingerprint density at radius 3 is 2.70 bits per heavy atom. The summed E-state index contributed by atoms with van der Waals surface area (Å²) in [5.41, 5.74) is 3.68. The van der Waals surface area contributed by atoms with Crippen LogP contribution in [0.2, 0.25) is 0 Å². The molecule has 2 rings (SSSR count). The highest BCUT2D eigenvalue weighted by Gasteiger charge is 2.05. The number of nitrogens with one attached hydrogen (secondary N) is 1. The Hall–Kier alpha value is -1.39. The van der Waals surface area contributed by atoms with Crippen LogP contribution in [0.1, 0.15) is 36.0 Å². The maximum absolute atomic E-state index is 4.63. The third-order valence-electron chi connectivity index (χ3n) is 3.13. The van der Waals surface area contributed by atoms with Crippen LogP contribution in [-0.4, -0.2) is 19.1 Å². The van der Waals surface area contributed by atoms with E-state index in [-0.39, 0.29) is 0 Å². The van der Waals surface area contributed by atoms with Gasteiger partial charge < -0.3 is 10.2 Å². The molecule has 0 unspecified atom stereocenters. The zero-order chi connectivity index (χ0) is 14.5. The fraction of sp³-hybridized carbons (Fsp3) is 0.438. The van der Waals surface area contributed by atoms with Crippen LogP contribution in [0.5, 0.6) is 0 Å². The van der Waals surface area contributed by atoms with Gasteiger partial charge in [0.05, 0.1) is 10.7 Å². The van der Waals surface area contributed by atoms with Gasteiger partial charge in [0.25, 0.3) is 0 Å². The minimum atomic E-state index is 0.519. The maximum Gasteiger partial charge on any atom is 0.0954 e. The molecule has 0 aliphatic rings. The van der Waals surface area contributed by atoms with Gasteiger partial charge in [0.2, 0.25) is 0 Å². The molecule has 0 saturated heterocycles. The van der Waals surface area contributed by atoms with E-state index in [1.165, 1.54) is 16.3 Å². The highest BCUT2D eigenvalue weighted by atomic mass is 32.1. The van der Waals surface area contributed by atoms with Crippen molar-refractivity contribution in [1.29, 1.82) is 0 Å². The number of rotatable bonds is 6. The number of thiazole rings is 1. The van der Waals surface area contributed by atoms with Gasteiger partial charge >= 0.3 is 0 Å². The first-order chi connectivity index (χ1) is 9.56. The van der Waals surface area contributed by atoms with Crippen molar-refractivity contribution in [1.82, 2.24) is 10.3 Å². The van der Waals surface area contributed by atoms with Crippen LogP contribution in [0.25, 0.3) is 0 Å². The van der Waals surface area contributed by atoms with Gasteiger partial charge in [-0.05, 0) is 17.7 Å². The van der Waals surface area contributed by atoms with E-state index in [1.807, 2.05) is 0 Å². The standard InChI is InChI=1S/C16H23N3S/c1-12(2)16-18-14(11-20-16)10-17-9-13-6-5-7-15(8-13)19(3)4/h5-8,11-12,17H,9-10H2,1-4H3. The molecule has 0 aliphatic heterocycles. The predicted octanol–water partition coefficient (Wildman–Crippen LogP) is 3.62. The van der Waals surface area contributed by atoms with Gasteiger partial charge in [0.15, 0.2) is 0 Å². The van der Waals surface area contributed by atoms with E-state index in [9.17, 15) is 0 Å². The first kappa shape index (κ1) is 15.0. The smallest absolute Gasteiger partial charge is 0.0954 e. The third-order valence-corrected chi connectivity index (χ3v) is 4.32. The fourth-order valence-electron chi connectivity index (χ4n) is 1.95. The van der Waals surface area contributed by atoms with Crippen LogP contribution < -0.4 is 10.2 Å². The molecule has 1 heterocycles. The van der Waals surface area contributed by atoms with Gasteiger partial charge in [-0.2, -0.15) is 0 Å². The SMILES string of the molecule is CC(C)c1nc(CNCc2cccc(N(C)C)c2)cs1. The Morgan fingerprint density at radius 2 is 2.05 bits per heavy atom. The van der Waals surface area contributed by atoms with E-state index in [4.69, 9.17) is 0 Å². The molecular formula is C16H23N3S. The number of hydrogen-bond acceptors (Lipinski definition) is 4. The molecule has 1 N–H and O–H groups in total. The van der Waals surface area contributed by atoms with Crippen LogP contribution in [0.15, 0.2) is 29.6 Å². The molecule has 0 saturated carbocycles. The largest absolute Gasteiger partial charge is 0.378 e. The molecule has 0 radical (unpaired) electrons. The van der Waals surface area contributed by atoms with Crippen molar-refractivity contribution in [3.05, 3.63) is 45.9 Å². The minimum absolute atomic E-state index is 0.519. The Morgan fingerprint density at radius 1 is 1.25 bits per heavy atom. The summed E-state index contributed by atoms with van der Waals surface area (Å²) < 4.78 is 0. The molecular weight excluding hydrogens is 266 g/mol. The second kappa shape index (κ2) is 6.86. The molecule has 1 aromatic carbocycles. The Labute approximate surface area is 125 Å². The average Bonchev–Trinajstić information content (AvgIpc) is 2.88. The molecule has 0 spiro atoms. The summed E-state index contributed by atoms with van der Waals surface area (Å²) in [4.78, 5) is 6.76. The van der Waals surface area contributed by atoms with Gasteiger partial charge in [-0.1, -0.05) is 26.0 Å². The molecule has 0 bridgehead atoms. The summed E-state index contributed by atoms with van der Waals surface area (Å²) in [5, 5.41) is 6.83. The van der Waals surface area contributed by atoms with E-state index in [0.717, 1.165) is 18.8 Å². The molecule has 0 fully saturated rings. The zero-order valence-electron chi connectivity index (χ0n) is 12.7. The second-order valence-corrected chi connectivity index (χ2v) is 6.39. The van der Waals surface area contributed by atoms with Gasteiger partial charge in [-0.25, -0.2) is 4.98 Å². The molecule has 0 aliphatic carbocycles. The van der Waals surface area contributed by atoms with Gasteiger partial charge in [0.1, 0.15) is 0 Å². The van der Waals surface area contributed by atoms with E-state index >= 15 is 0 Å². The number of hydrogen-bond donors (Lipinski definition) is 1. The number of aromatic nitrogens is 1. The summed E-state index contributed by atoms with van der Waals surface area (Å²) in [6.45, 7) is 6.07. The van der Waals surface area contributed by atoms with Crippen molar-refractivity contribution in [3.63, 3.8) is 0 Å². The van der Waals surface area contributed by atoms with Crippen LogP contribution >= 0.6 is 11.3 Å². The highest BCUT2D eigenvalue weighted by molar-refractivity contribution is 7.09. The van der Waals surface area contributed by atoms with Crippen molar-refractivity contribution in [2.75, 3.05) is 19.0 Å². The molecule has 108 valence electrons. The molecule has 2 aromatic rings. The van der Waals surface area contributed by atoms with E-state index in [0.29, 0.717) is 5.92 Å². The maximum atomic E-state index is 4.63. The van der Waals surface area contributed by atoms with Crippen LogP contribution in [0.4, 0.5) is 5.69 Å². The molecule has 4 heteroatoms. The van der Waals surface area contributed by atoms with Crippen molar-refractivity contribution in [3.8, 4) is 0 Å². The number of benzene rings is 1. The van der Waals surface area contributed by atoms with Gasteiger partial charge in [-0.3, -0.25) is 0 Å². The van der Waals surface area contributed by atoms with E-state index in [2.05, 4.69) is 72.8 Å². The number of anilines is 1. The summed E-state index contributed by atoms with van der Waals surface area (Å²) in [6.07, 6.45) is 0. The highest BCUT2D eigenvalue weighted by Crippen LogP contribution is 2.19. The van der Waals surface area contributed by atoms with Crippen molar-refractivity contribution in [2.45, 2.75) is 32.9 Å². The zero-order valence-corrected chi connectivity index (χ0v) is 13.5. The van der Waals surface area contributed by atoms with Crippen molar-refractivity contribution < 1.29 is 0 Å². The van der Waals surface area contributed by atoms with Crippen LogP contribution in [-0.2, 0) is 13.1 Å². The quantitative estimate of drug-likeness (QED) is 0.880. The fourth-order valence-corrected chi connectivity index (χ4v) is 2.78. The lowest BCUT2D eigenvalue weighted by atomic mass is 10.2. The van der Waals surface area contributed by atoms with Crippen molar-refractivity contribution >= 4 is 17.0 Å². The summed E-state index contributed by atoms with van der Waals surface area (Å²) in [7, 11) is 4.13. The third kappa shape index (κ3) is 4.05. The average molecular weight is 289 g/mol. The lowest BCUT2D eigenvalue weighted by molar-refractivity contribution is 0.678. The number of nitrogens with zero attached hydrogens (tertiary/aromatic N) is 2. The minimum Gasteiger partial charge on any atom is -0.378 e. The van der Waals surface area contributed by atoms with Crippen LogP contribution in [0, 0.1) is 0 Å². The first-order valence-corrected chi connectivity index (χ1v) is 7.85. The Kier molecular flexibility index (Phi) is 5.15. The van der Waals surface area contributed by atoms with Gasteiger partial charge in [0, 0.05) is 44.2 Å². The van der Waals surface area contributed by atoms with Gasteiger partial charge in [-0.15, -0.1) is 11.3 Å². The molecule has 3 nitrogen and oxygen atoms in total. The summed E-state index contributed by atoms with van der Waals surface area (Å²) in [6, 6.07) is 8.60. The lowest BCUT2D eigenvalue weighted by Gasteiger charge is -2.13. The summed E-state index contributed by atoms with van der Waals surface area (Å²) in [5.74, 6) is 0.519. The molecule has 20 heavy (non-hydrogen) atoms. The Balaban J connectivity index is 1.87. The van der Waals surface area contributed by atoms with Crippen molar-refractivity contribution in [2.24, 2.45) is 0 Å². The predicted molar refractivity (Wildman–Crippen MR) is 87.5 cm³/mol. The van der Waals surface area contributed by atoms with E-state index < -0.39 is 0 Å². The van der Waals surface area contributed by atoms with Crippen LogP contribution in [0.3, 0.4) is 0 Å². The normalized spacial score (nSPS) is 11.1. The second-order valence-electron chi connectivity index (χ2n) is 5.50. The summed E-state index contributed by atoms with van der Waals surface area (Å²) >= 11 is 1.75. The monoisotopic (exact) mass is 289 g/mol. The first-order valence-electron chi connectivity index (χ1n) is 6.97. The topological polar surface area (TPSA) is 28.2 Å². The lowest BCUT2D eigenvalue weighted by Crippen LogP contribution is -2.14. The molecule has 0 amide bonds. The Bertz CT molecular complexity index is 546. The molecule has 0 atom stereocenters. The molecule has 1 aromatic heterocycles.